The largest absolute Gasteiger partial charge is 0.350 e. The summed E-state index contributed by atoms with van der Waals surface area (Å²) >= 11 is 0. The van der Waals surface area contributed by atoms with Gasteiger partial charge in [0.2, 0.25) is 5.96 Å². The first-order valence-electron chi connectivity index (χ1n) is 7.23. The Balaban J connectivity index is 1.56. The summed E-state index contributed by atoms with van der Waals surface area (Å²) in [5.41, 5.74) is 0.256. The minimum absolute atomic E-state index is 0.113. The highest BCUT2D eigenvalue weighted by Crippen LogP contribution is 2.55. The number of likely N-dealkylation sites (N-methyl/N-ethyl adjacent to an activating group) is 1. The summed E-state index contributed by atoms with van der Waals surface area (Å²) in [4.78, 5) is 17.6. The second kappa shape index (κ2) is 3.49. The minimum Gasteiger partial charge on any atom is -0.350 e. The zero-order chi connectivity index (χ0) is 12.3. The number of carbonyl (C=O) groups excluding carboxylic acids is 1. The number of nitrogens with zero attached hydrogens (tertiary/aromatic N) is 2. The van der Waals surface area contributed by atoms with Crippen LogP contribution < -0.4 is 5.32 Å². The van der Waals surface area contributed by atoms with Crippen LogP contribution in [0.5, 0.6) is 0 Å². The van der Waals surface area contributed by atoms with Crippen LogP contribution in [-0.2, 0) is 4.79 Å². The van der Waals surface area contributed by atoms with Crippen molar-refractivity contribution in [2.45, 2.75) is 44.1 Å². The van der Waals surface area contributed by atoms with Crippen molar-refractivity contribution in [3.05, 3.63) is 0 Å². The van der Waals surface area contributed by atoms with Gasteiger partial charge in [0, 0.05) is 12.6 Å². The third-order valence-corrected chi connectivity index (χ3v) is 5.47. The average molecular weight is 247 g/mol. The highest BCUT2D eigenvalue weighted by atomic mass is 16.2. The minimum atomic E-state index is 0.113. The van der Waals surface area contributed by atoms with E-state index in [1.54, 1.807) is 4.90 Å². The molecule has 4 saturated carbocycles. The number of nitrogens with one attached hydrogen (secondary N) is 1. The predicted octanol–water partition coefficient (Wildman–Crippen LogP) is 1.37. The van der Waals surface area contributed by atoms with Crippen LogP contribution in [0.25, 0.3) is 0 Å². The molecule has 1 amide bonds. The van der Waals surface area contributed by atoms with Crippen LogP contribution in [0.1, 0.15) is 38.5 Å². The summed E-state index contributed by atoms with van der Waals surface area (Å²) in [5, 5.41) is 3.66. The van der Waals surface area contributed by atoms with Crippen molar-refractivity contribution < 1.29 is 4.79 Å². The second-order valence-electron chi connectivity index (χ2n) is 6.92. The standard InChI is InChI=1S/C14H21N3O/c1-17-12(18)8-15-13(17)16-14-5-9-2-10(6-14)4-11(3-9)7-14/h9-11H,2-8H2,1H3,(H,15,16). The molecule has 98 valence electrons. The molecule has 1 N–H and O–H groups in total. The summed E-state index contributed by atoms with van der Waals surface area (Å²) in [6, 6.07) is 0. The molecule has 1 aliphatic heterocycles. The molecule has 0 aromatic carbocycles. The zero-order valence-electron chi connectivity index (χ0n) is 11.0. The third kappa shape index (κ3) is 1.50. The van der Waals surface area contributed by atoms with E-state index < -0.39 is 0 Å². The summed E-state index contributed by atoms with van der Waals surface area (Å²) < 4.78 is 0. The van der Waals surface area contributed by atoms with Gasteiger partial charge < -0.3 is 5.32 Å². The molecule has 5 aliphatic rings. The fraction of sp³-hybridized carbons (Fsp3) is 0.857. The highest BCUT2D eigenvalue weighted by Gasteiger charge is 2.51. The van der Waals surface area contributed by atoms with Crippen LogP contribution in [0.3, 0.4) is 0 Å². The molecular formula is C14H21N3O. The summed E-state index contributed by atoms with van der Waals surface area (Å²) in [5.74, 6) is 3.70. The molecule has 4 aliphatic carbocycles. The van der Waals surface area contributed by atoms with E-state index in [-0.39, 0.29) is 11.4 Å². The Morgan fingerprint density at radius 2 is 1.72 bits per heavy atom. The van der Waals surface area contributed by atoms with Gasteiger partial charge in [-0.3, -0.25) is 9.69 Å². The van der Waals surface area contributed by atoms with Crippen molar-refractivity contribution in [2.75, 3.05) is 13.6 Å². The molecule has 1 heterocycles. The third-order valence-electron chi connectivity index (χ3n) is 5.47. The molecular weight excluding hydrogens is 226 g/mol. The van der Waals surface area contributed by atoms with Crippen LogP contribution in [0.4, 0.5) is 0 Å². The van der Waals surface area contributed by atoms with Crippen molar-refractivity contribution in [1.29, 1.82) is 0 Å². The van der Waals surface area contributed by atoms with Gasteiger partial charge in [-0.25, -0.2) is 4.99 Å². The van der Waals surface area contributed by atoms with E-state index in [9.17, 15) is 4.79 Å². The molecule has 0 aromatic heterocycles. The summed E-state index contributed by atoms with van der Waals surface area (Å²) in [7, 11) is 1.83. The van der Waals surface area contributed by atoms with Gasteiger partial charge in [0.25, 0.3) is 5.91 Å². The number of amides is 1. The Labute approximate surface area is 108 Å². The number of guanidine groups is 1. The van der Waals surface area contributed by atoms with Gasteiger partial charge in [0.1, 0.15) is 6.54 Å². The molecule has 4 fully saturated rings. The Morgan fingerprint density at radius 1 is 1.17 bits per heavy atom. The van der Waals surface area contributed by atoms with Gasteiger partial charge in [-0.15, -0.1) is 0 Å². The van der Waals surface area contributed by atoms with Crippen LogP contribution in [0, 0.1) is 17.8 Å². The first kappa shape index (κ1) is 10.8. The molecule has 18 heavy (non-hydrogen) atoms. The fourth-order valence-corrected chi connectivity index (χ4v) is 5.10. The molecule has 4 nitrogen and oxygen atoms in total. The quantitative estimate of drug-likeness (QED) is 0.760. The molecule has 0 unspecified atom stereocenters. The van der Waals surface area contributed by atoms with Crippen molar-refractivity contribution in [3.63, 3.8) is 0 Å². The molecule has 0 radical (unpaired) electrons. The van der Waals surface area contributed by atoms with E-state index in [2.05, 4.69) is 10.3 Å². The topological polar surface area (TPSA) is 44.7 Å². The Morgan fingerprint density at radius 3 is 2.17 bits per heavy atom. The SMILES string of the molecule is CN1C(=O)CN=C1NC12CC3CC(CC(C3)C1)C2. The van der Waals surface area contributed by atoms with Crippen molar-refractivity contribution in [1.82, 2.24) is 10.2 Å². The zero-order valence-corrected chi connectivity index (χ0v) is 11.0. The molecule has 5 rings (SSSR count). The molecule has 4 heteroatoms. The predicted molar refractivity (Wildman–Crippen MR) is 69.1 cm³/mol. The lowest BCUT2D eigenvalue weighted by Crippen LogP contribution is -2.61. The van der Waals surface area contributed by atoms with Crippen molar-refractivity contribution in [3.8, 4) is 0 Å². The maximum Gasteiger partial charge on any atom is 0.250 e. The molecule has 4 bridgehead atoms. The lowest BCUT2D eigenvalue weighted by atomic mass is 9.53. The van der Waals surface area contributed by atoms with E-state index in [0.717, 1.165) is 23.7 Å². The lowest BCUT2D eigenvalue weighted by Gasteiger charge is -2.57. The van der Waals surface area contributed by atoms with Gasteiger partial charge in [0.05, 0.1) is 0 Å². The van der Waals surface area contributed by atoms with Crippen LogP contribution in [0.2, 0.25) is 0 Å². The van der Waals surface area contributed by atoms with Gasteiger partial charge in [0.15, 0.2) is 0 Å². The van der Waals surface area contributed by atoms with Crippen LogP contribution >= 0.6 is 0 Å². The lowest BCUT2D eigenvalue weighted by molar-refractivity contribution is -0.124. The number of rotatable bonds is 1. The molecule has 0 atom stereocenters. The average Bonchev–Trinajstić information content (AvgIpc) is 2.58. The monoisotopic (exact) mass is 247 g/mol. The van der Waals surface area contributed by atoms with Crippen molar-refractivity contribution >= 4 is 11.9 Å². The maximum absolute atomic E-state index is 11.5. The first-order chi connectivity index (χ1) is 8.63. The Bertz CT molecular complexity index is 393. The maximum atomic E-state index is 11.5. The summed E-state index contributed by atoms with van der Waals surface area (Å²) in [6.45, 7) is 0.325. The number of hydrogen-bond donors (Lipinski definition) is 1. The fourth-order valence-electron chi connectivity index (χ4n) is 5.10. The molecule has 0 spiro atoms. The van der Waals surface area contributed by atoms with Gasteiger partial charge in [-0.2, -0.15) is 0 Å². The van der Waals surface area contributed by atoms with Crippen LogP contribution in [0.15, 0.2) is 4.99 Å². The second-order valence-corrected chi connectivity index (χ2v) is 6.92. The van der Waals surface area contributed by atoms with Gasteiger partial charge in [-0.1, -0.05) is 0 Å². The number of carbonyl (C=O) groups is 1. The number of aliphatic imine (C=N–C) groups is 1. The molecule has 0 saturated heterocycles. The highest BCUT2D eigenvalue weighted by molar-refractivity contribution is 6.02. The van der Waals surface area contributed by atoms with E-state index in [1.165, 1.54) is 38.5 Å². The molecule has 0 aromatic rings. The van der Waals surface area contributed by atoms with Gasteiger partial charge >= 0.3 is 0 Å². The van der Waals surface area contributed by atoms with Crippen molar-refractivity contribution in [2.24, 2.45) is 22.7 Å². The smallest absolute Gasteiger partial charge is 0.250 e. The van der Waals surface area contributed by atoms with Crippen LogP contribution in [-0.4, -0.2) is 35.9 Å². The normalized spacial score (nSPS) is 45.6. The Kier molecular flexibility index (Phi) is 2.10. The van der Waals surface area contributed by atoms with E-state index >= 15 is 0 Å². The summed E-state index contributed by atoms with van der Waals surface area (Å²) in [6.07, 6.45) is 8.21. The van der Waals surface area contributed by atoms with E-state index in [0.29, 0.717) is 6.54 Å². The van der Waals surface area contributed by atoms with Gasteiger partial charge in [-0.05, 0) is 56.3 Å². The first-order valence-corrected chi connectivity index (χ1v) is 7.23. The Hall–Kier alpha value is -1.06. The van der Waals surface area contributed by atoms with E-state index in [4.69, 9.17) is 0 Å². The van der Waals surface area contributed by atoms with E-state index in [1.807, 2.05) is 7.05 Å². The number of hydrogen-bond acceptors (Lipinski definition) is 3.